The van der Waals surface area contributed by atoms with Gasteiger partial charge in [-0.2, -0.15) is 16.8 Å². The predicted molar refractivity (Wildman–Crippen MR) is 130 cm³/mol. The smallest absolute Gasteiger partial charge is 0.394 e. The van der Waals surface area contributed by atoms with Gasteiger partial charge in [-0.15, -0.1) is 3.63 Å². The highest BCUT2D eigenvalue weighted by molar-refractivity contribution is 7.94. The fraction of sp³-hybridized carbons (Fsp3) is 0.944. The molecule has 2 fully saturated rings. The van der Waals surface area contributed by atoms with E-state index >= 15 is 0 Å². The van der Waals surface area contributed by atoms with E-state index in [4.69, 9.17) is 54.0 Å². The number of hydrogen-bond acceptors (Lipinski definition) is 22. The van der Waals surface area contributed by atoms with Crippen LogP contribution in [0.15, 0.2) is 0 Å². The zero-order chi connectivity index (χ0) is 34.7. The van der Waals surface area contributed by atoms with E-state index in [1.165, 1.54) is 0 Å². The van der Waals surface area contributed by atoms with Gasteiger partial charge in [0.1, 0.15) is 73.2 Å². The van der Waals surface area contributed by atoms with Crippen LogP contribution in [-0.4, -0.2) is 204 Å². The summed E-state index contributed by atoms with van der Waals surface area (Å²) in [6.07, 6.45) is -22.4. The molecule has 2 heterocycles. The van der Waals surface area contributed by atoms with E-state index in [0.717, 1.165) is 0 Å². The van der Waals surface area contributed by atoms with Gasteiger partial charge in [-0.3, -0.25) is 9.11 Å². The van der Waals surface area contributed by atoms with Gasteiger partial charge in [0.15, 0.2) is 18.9 Å². The van der Waals surface area contributed by atoms with E-state index in [1.807, 2.05) is 0 Å². The van der Waals surface area contributed by atoms with Crippen molar-refractivity contribution in [2.24, 2.45) is 0 Å². The largest absolute Gasteiger partial charge is 0.413 e. The van der Waals surface area contributed by atoms with Crippen molar-refractivity contribution in [1.82, 2.24) is 0 Å². The van der Waals surface area contributed by atoms with Gasteiger partial charge in [-0.1, -0.05) is 0 Å². The molecule has 26 heteroatoms. The minimum absolute atomic E-state index is 0.0258. The van der Waals surface area contributed by atoms with Crippen LogP contribution < -0.4 is 0 Å². The number of aliphatic hydroxyl groups is 13. The molecule has 264 valence electrons. The molecule has 0 bridgehead atoms. The number of carbonyl (C=O) groups is 1. The Morgan fingerprint density at radius 3 is 1.57 bits per heavy atom. The molecule has 0 radical (unpaired) electrons. The SMILES string of the molecule is O=C[C@H](O)[C@@H](O)[C@@H](O)[C@H](O)CO.O=S(=O)(O)OS(=O)(=O)O.OC[C@H]1O[C@@H](O[C@H]2[C@H](O)[C@@H](O)[C@H](O)O[C@@H]2CO)[C@H](O)[C@@H](O)[C@H]1O. The van der Waals surface area contributed by atoms with Crippen molar-refractivity contribution in [2.45, 2.75) is 85.8 Å². The first kappa shape index (κ1) is 42.8. The van der Waals surface area contributed by atoms with Crippen molar-refractivity contribution in [3.63, 3.8) is 0 Å². The second kappa shape index (κ2) is 18.8. The average molecular weight is 701 g/mol. The highest BCUT2D eigenvalue weighted by atomic mass is 32.3. The molecule has 0 unspecified atom stereocenters. The third kappa shape index (κ3) is 13.7. The molecule has 0 amide bonds. The Morgan fingerprint density at radius 1 is 0.682 bits per heavy atom. The molecule has 44 heavy (non-hydrogen) atoms. The van der Waals surface area contributed by atoms with Gasteiger partial charge < -0.3 is 85.4 Å². The van der Waals surface area contributed by atoms with Crippen molar-refractivity contribution < 1.29 is 115 Å². The molecule has 0 aliphatic carbocycles. The molecule has 2 saturated heterocycles. The molecular weight excluding hydrogens is 664 g/mol. The molecule has 15 N–H and O–H groups in total. The first-order valence-electron chi connectivity index (χ1n) is 11.8. The molecule has 2 rings (SSSR count). The van der Waals surface area contributed by atoms with Crippen LogP contribution in [-0.2, 0) is 43.4 Å². The average Bonchev–Trinajstić information content (AvgIpc) is 2.94. The molecule has 0 aromatic rings. The minimum atomic E-state index is -5.12. The number of aliphatic hydroxyl groups excluding tert-OH is 13. The van der Waals surface area contributed by atoms with Gasteiger partial charge >= 0.3 is 20.8 Å². The summed E-state index contributed by atoms with van der Waals surface area (Å²) >= 11 is 0. The molecule has 0 spiro atoms. The van der Waals surface area contributed by atoms with Crippen molar-refractivity contribution in [1.29, 1.82) is 0 Å². The predicted octanol–water partition coefficient (Wildman–Crippen LogP) is -10.2. The Hall–Kier alpha value is -1.19. The van der Waals surface area contributed by atoms with Crippen LogP contribution in [0.5, 0.6) is 0 Å². The Bertz CT molecular complexity index is 1010. The van der Waals surface area contributed by atoms with Crippen molar-refractivity contribution in [2.75, 3.05) is 19.8 Å². The third-order valence-corrected chi connectivity index (χ3v) is 6.95. The summed E-state index contributed by atoms with van der Waals surface area (Å²) in [4.78, 5) is 9.90. The second-order valence-corrected chi connectivity index (χ2v) is 11.1. The minimum Gasteiger partial charge on any atom is -0.394 e. The van der Waals surface area contributed by atoms with Gasteiger partial charge in [0, 0.05) is 0 Å². The van der Waals surface area contributed by atoms with Gasteiger partial charge in [0.25, 0.3) is 0 Å². The van der Waals surface area contributed by atoms with Crippen LogP contribution in [0.4, 0.5) is 0 Å². The van der Waals surface area contributed by atoms with E-state index < -0.39 is 126 Å². The Balaban J connectivity index is 0.000000738. The van der Waals surface area contributed by atoms with Gasteiger partial charge in [-0.05, 0) is 0 Å². The fourth-order valence-electron chi connectivity index (χ4n) is 3.30. The summed E-state index contributed by atoms with van der Waals surface area (Å²) in [5, 5.41) is 120. The first-order chi connectivity index (χ1) is 20.1. The van der Waals surface area contributed by atoms with Gasteiger partial charge in [0.05, 0.1) is 19.8 Å². The maximum Gasteiger partial charge on any atom is 0.413 e. The summed E-state index contributed by atoms with van der Waals surface area (Å²) in [5.74, 6) is 0. The summed E-state index contributed by atoms with van der Waals surface area (Å²) < 4.78 is 70.8. The van der Waals surface area contributed by atoms with Gasteiger partial charge in [-0.25, -0.2) is 0 Å². The van der Waals surface area contributed by atoms with Crippen molar-refractivity contribution in [3.05, 3.63) is 0 Å². The summed E-state index contributed by atoms with van der Waals surface area (Å²) in [6, 6.07) is 0. The lowest BCUT2D eigenvalue weighted by molar-refractivity contribution is -0.355. The number of aldehydes is 1. The summed E-state index contributed by atoms with van der Waals surface area (Å²) in [5.41, 5.74) is 0. The lowest BCUT2D eigenvalue weighted by atomic mass is 9.97. The highest BCUT2D eigenvalue weighted by Gasteiger charge is 2.50. The molecule has 24 nitrogen and oxygen atoms in total. The van der Waals surface area contributed by atoms with Crippen molar-refractivity contribution in [3.8, 4) is 0 Å². The van der Waals surface area contributed by atoms with Crippen LogP contribution >= 0.6 is 0 Å². The maximum absolute atomic E-state index is 9.94. The molecule has 2 aliphatic rings. The molecule has 2 aliphatic heterocycles. The highest BCUT2D eigenvalue weighted by Crippen LogP contribution is 2.28. The molecular formula is C18H36O24S2. The van der Waals surface area contributed by atoms with Crippen LogP contribution in [0.3, 0.4) is 0 Å². The normalized spacial score (nSPS) is 35.5. The molecule has 0 saturated carbocycles. The lowest BCUT2D eigenvalue weighted by Gasteiger charge is -2.45. The van der Waals surface area contributed by atoms with Crippen LogP contribution in [0.2, 0.25) is 0 Å². The monoisotopic (exact) mass is 700 g/mol. The standard InChI is InChI=1S/C12H22O11.C6H12O6.H2O7S2/c13-1-3-5(15)6(16)9(19)12(22-3)23-10-4(2-14)21-11(20)8(18)7(10)17;7-1-3(9)5(11)6(12)4(10)2-8;1-8(2,3)7-9(4,5)6/h3-20H,1-2H2;1,3-6,8-12H,2H2;(H,1,2,3)(H,4,5,6)/t3-,4-,5+,6+,7-,8-,9-,10-,11-,12+;3-,4+,5+,6-;/m10./s1. The van der Waals surface area contributed by atoms with E-state index in [-0.39, 0.29) is 6.29 Å². The number of rotatable bonds is 11. The van der Waals surface area contributed by atoms with E-state index in [0.29, 0.717) is 0 Å². The topological polar surface area (TPSA) is 426 Å². The molecule has 14 atom stereocenters. The first-order valence-corrected chi connectivity index (χ1v) is 14.5. The molecule has 0 aromatic heterocycles. The number of carbonyl (C=O) groups excluding carboxylic acids is 1. The quantitative estimate of drug-likeness (QED) is 0.0702. The Labute approximate surface area is 248 Å². The zero-order valence-electron chi connectivity index (χ0n) is 22.0. The Kier molecular flexibility index (Phi) is 18.3. The van der Waals surface area contributed by atoms with Crippen LogP contribution in [0.25, 0.3) is 0 Å². The number of ether oxygens (including phenoxy) is 3. The third-order valence-electron chi connectivity index (χ3n) is 5.57. The summed E-state index contributed by atoms with van der Waals surface area (Å²) in [7, 11) is -10.2. The van der Waals surface area contributed by atoms with Crippen molar-refractivity contribution >= 4 is 27.1 Å². The van der Waals surface area contributed by atoms with Gasteiger partial charge in [0.2, 0.25) is 0 Å². The lowest BCUT2D eigenvalue weighted by Crippen LogP contribution is -2.64. The zero-order valence-corrected chi connectivity index (χ0v) is 23.6. The molecule has 0 aromatic carbocycles. The maximum atomic E-state index is 9.94. The Morgan fingerprint density at radius 2 is 1.18 bits per heavy atom. The number of hydrogen-bond donors (Lipinski definition) is 15. The van der Waals surface area contributed by atoms with E-state index in [9.17, 15) is 57.4 Å². The second-order valence-electron chi connectivity index (χ2n) is 8.81. The fourth-order valence-corrected chi connectivity index (χ4v) is 4.17. The van der Waals surface area contributed by atoms with E-state index in [1.54, 1.807) is 0 Å². The summed E-state index contributed by atoms with van der Waals surface area (Å²) in [6.45, 7) is -2.11. The van der Waals surface area contributed by atoms with Crippen LogP contribution in [0, 0.1) is 0 Å². The van der Waals surface area contributed by atoms with E-state index in [2.05, 4.69) is 3.63 Å². The van der Waals surface area contributed by atoms with Crippen LogP contribution in [0.1, 0.15) is 0 Å².